The SMILES string of the molecule is C=C1CCC2C(C(=O)CC3C(C)CCCC32)C1=O. The van der Waals surface area contributed by atoms with Crippen LogP contribution in [0.25, 0.3) is 0 Å². The third-order valence-corrected chi connectivity index (χ3v) is 5.65. The largest absolute Gasteiger partial charge is 0.299 e. The lowest BCUT2D eigenvalue weighted by atomic mass is 9.54. The van der Waals surface area contributed by atoms with Crippen molar-refractivity contribution in [2.24, 2.45) is 29.6 Å². The molecule has 3 saturated carbocycles. The second kappa shape index (κ2) is 4.32. The van der Waals surface area contributed by atoms with Crippen LogP contribution in [0.15, 0.2) is 12.2 Å². The Balaban J connectivity index is 1.91. The van der Waals surface area contributed by atoms with Gasteiger partial charge in [-0.1, -0.05) is 26.3 Å². The molecule has 0 spiro atoms. The zero-order valence-electron chi connectivity index (χ0n) is 11.2. The average molecular weight is 246 g/mol. The lowest BCUT2D eigenvalue weighted by molar-refractivity contribution is -0.143. The maximum absolute atomic E-state index is 12.3. The van der Waals surface area contributed by atoms with Crippen LogP contribution in [0.4, 0.5) is 0 Å². The molecule has 0 aromatic heterocycles. The first-order valence-electron chi connectivity index (χ1n) is 7.34. The van der Waals surface area contributed by atoms with E-state index in [9.17, 15) is 9.59 Å². The first-order valence-corrected chi connectivity index (χ1v) is 7.34. The van der Waals surface area contributed by atoms with E-state index in [1.54, 1.807) is 0 Å². The van der Waals surface area contributed by atoms with Crippen molar-refractivity contribution in [3.8, 4) is 0 Å². The molecule has 0 amide bonds. The van der Waals surface area contributed by atoms with Crippen molar-refractivity contribution in [2.75, 3.05) is 0 Å². The Kier molecular flexibility index (Phi) is 2.91. The summed E-state index contributed by atoms with van der Waals surface area (Å²) < 4.78 is 0. The van der Waals surface area contributed by atoms with Gasteiger partial charge in [-0.15, -0.1) is 0 Å². The molecular formula is C16H22O2. The van der Waals surface area contributed by atoms with E-state index in [1.807, 2.05) is 0 Å². The van der Waals surface area contributed by atoms with Gasteiger partial charge in [0.25, 0.3) is 0 Å². The van der Waals surface area contributed by atoms with E-state index in [-0.39, 0.29) is 17.5 Å². The van der Waals surface area contributed by atoms with Gasteiger partial charge in [0.1, 0.15) is 5.78 Å². The van der Waals surface area contributed by atoms with Gasteiger partial charge in [0.2, 0.25) is 0 Å². The summed E-state index contributed by atoms with van der Waals surface area (Å²) in [5.41, 5.74) is 0.687. The molecule has 5 unspecified atom stereocenters. The average Bonchev–Trinajstić information content (AvgIpc) is 2.35. The van der Waals surface area contributed by atoms with E-state index in [0.29, 0.717) is 35.7 Å². The van der Waals surface area contributed by atoms with Crippen LogP contribution < -0.4 is 0 Å². The van der Waals surface area contributed by atoms with Crippen molar-refractivity contribution in [2.45, 2.75) is 45.4 Å². The van der Waals surface area contributed by atoms with Gasteiger partial charge in [-0.05, 0) is 48.5 Å². The monoisotopic (exact) mass is 246 g/mol. The Morgan fingerprint density at radius 2 is 1.83 bits per heavy atom. The summed E-state index contributed by atoms with van der Waals surface area (Å²) >= 11 is 0. The molecule has 2 nitrogen and oxygen atoms in total. The number of carbonyl (C=O) groups excluding carboxylic acids is 2. The van der Waals surface area contributed by atoms with Crippen molar-refractivity contribution in [1.82, 2.24) is 0 Å². The molecule has 0 aliphatic heterocycles. The molecule has 2 heteroatoms. The van der Waals surface area contributed by atoms with E-state index in [1.165, 1.54) is 19.3 Å². The van der Waals surface area contributed by atoms with E-state index >= 15 is 0 Å². The lowest BCUT2D eigenvalue weighted by Crippen LogP contribution is -2.49. The minimum absolute atomic E-state index is 0.0629. The van der Waals surface area contributed by atoms with Crippen molar-refractivity contribution < 1.29 is 9.59 Å². The van der Waals surface area contributed by atoms with Gasteiger partial charge in [-0.25, -0.2) is 0 Å². The molecule has 3 rings (SSSR count). The smallest absolute Gasteiger partial charge is 0.168 e. The van der Waals surface area contributed by atoms with Crippen LogP contribution in [-0.4, -0.2) is 11.6 Å². The summed E-state index contributed by atoms with van der Waals surface area (Å²) in [7, 11) is 0. The molecule has 3 fully saturated rings. The topological polar surface area (TPSA) is 34.1 Å². The second-order valence-electron chi connectivity index (χ2n) is 6.55. The fourth-order valence-electron chi connectivity index (χ4n) is 4.66. The molecule has 0 radical (unpaired) electrons. The second-order valence-corrected chi connectivity index (χ2v) is 6.55. The Morgan fingerprint density at radius 3 is 2.61 bits per heavy atom. The van der Waals surface area contributed by atoms with Crippen molar-refractivity contribution in [3.05, 3.63) is 12.2 Å². The molecule has 3 aliphatic carbocycles. The predicted octanol–water partition coefficient (Wildman–Crippen LogP) is 3.16. The highest BCUT2D eigenvalue weighted by Crippen LogP contribution is 2.51. The number of Topliss-reactive ketones (excluding diaryl/α,β-unsaturated/α-hetero) is 2. The van der Waals surface area contributed by atoms with Crippen LogP contribution in [0.3, 0.4) is 0 Å². The van der Waals surface area contributed by atoms with Gasteiger partial charge in [0.05, 0.1) is 5.92 Å². The number of fused-ring (bicyclic) bond motifs is 3. The molecule has 0 bridgehead atoms. The molecule has 98 valence electrons. The first kappa shape index (κ1) is 12.1. The molecule has 0 heterocycles. The number of rotatable bonds is 0. The summed E-state index contributed by atoms with van der Waals surface area (Å²) in [5.74, 6) is 2.11. The third kappa shape index (κ3) is 1.69. The lowest BCUT2D eigenvalue weighted by Gasteiger charge is -2.48. The van der Waals surface area contributed by atoms with Gasteiger partial charge >= 0.3 is 0 Å². The zero-order valence-corrected chi connectivity index (χ0v) is 11.2. The predicted molar refractivity (Wildman–Crippen MR) is 70.0 cm³/mol. The Bertz CT molecular complexity index is 409. The number of hydrogen-bond acceptors (Lipinski definition) is 2. The number of hydrogen-bond donors (Lipinski definition) is 0. The molecule has 0 aromatic carbocycles. The standard InChI is InChI=1S/C16H22O2/c1-9-4-3-5-11-12-7-6-10(2)16(18)15(12)14(17)8-13(9)11/h9,11-13,15H,2-8H2,1H3. The summed E-state index contributed by atoms with van der Waals surface area (Å²) in [6.45, 7) is 6.12. The maximum atomic E-state index is 12.3. The van der Waals surface area contributed by atoms with Crippen LogP contribution in [-0.2, 0) is 9.59 Å². The highest BCUT2D eigenvalue weighted by molar-refractivity contribution is 6.11. The normalized spacial score (nSPS) is 44.5. The molecule has 0 saturated heterocycles. The Morgan fingerprint density at radius 1 is 1.06 bits per heavy atom. The van der Waals surface area contributed by atoms with E-state index in [2.05, 4.69) is 13.5 Å². The number of carbonyl (C=O) groups is 2. The Hall–Kier alpha value is -0.920. The van der Waals surface area contributed by atoms with Crippen molar-refractivity contribution in [1.29, 1.82) is 0 Å². The van der Waals surface area contributed by atoms with Crippen LogP contribution in [0, 0.1) is 29.6 Å². The molecular weight excluding hydrogens is 224 g/mol. The highest BCUT2D eigenvalue weighted by atomic mass is 16.2. The summed E-state index contributed by atoms with van der Waals surface area (Å²) in [6.07, 6.45) is 6.22. The van der Waals surface area contributed by atoms with E-state index in [0.717, 1.165) is 12.8 Å². The van der Waals surface area contributed by atoms with Gasteiger partial charge in [-0.2, -0.15) is 0 Å². The van der Waals surface area contributed by atoms with Gasteiger partial charge in [0, 0.05) is 6.42 Å². The Labute approximate surface area is 109 Å². The summed E-state index contributed by atoms with van der Waals surface area (Å²) in [4.78, 5) is 24.5. The van der Waals surface area contributed by atoms with Gasteiger partial charge < -0.3 is 0 Å². The van der Waals surface area contributed by atoms with E-state index in [4.69, 9.17) is 0 Å². The third-order valence-electron chi connectivity index (χ3n) is 5.65. The minimum atomic E-state index is -0.321. The fourth-order valence-corrected chi connectivity index (χ4v) is 4.66. The van der Waals surface area contributed by atoms with Crippen LogP contribution >= 0.6 is 0 Å². The molecule has 18 heavy (non-hydrogen) atoms. The maximum Gasteiger partial charge on any atom is 0.168 e. The summed E-state index contributed by atoms with van der Waals surface area (Å²) in [6, 6.07) is 0. The first-order chi connectivity index (χ1) is 8.59. The zero-order chi connectivity index (χ0) is 12.9. The van der Waals surface area contributed by atoms with Crippen LogP contribution in [0.5, 0.6) is 0 Å². The number of ketones is 2. The van der Waals surface area contributed by atoms with Crippen molar-refractivity contribution >= 4 is 11.6 Å². The summed E-state index contributed by atoms with van der Waals surface area (Å²) in [5, 5.41) is 0. The molecule has 0 N–H and O–H groups in total. The van der Waals surface area contributed by atoms with Crippen LogP contribution in [0.2, 0.25) is 0 Å². The molecule has 3 aliphatic rings. The minimum Gasteiger partial charge on any atom is -0.299 e. The quantitative estimate of drug-likeness (QED) is 0.486. The van der Waals surface area contributed by atoms with E-state index < -0.39 is 0 Å². The fraction of sp³-hybridized carbons (Fsp3) is 0.750. The van der Waals surface area contributed by atoms with Crippen molar-refractivity contribution in [3.63, 3.8) is 0 Å². The molecule has 5 atom stereocenters. The van der Waals surface area contributed by atoms with Gasteiger partial charge in [-0.3, -0.25) is 9.59 Å². The number of allylic oxidation sites excluding steroid dienone is 1. The highest BCUT2D eigenvalue weighted by Gasteiger charge is 2.50. The van der Waals surface area contributed by atoms with Gasteiger partial charge in [0.15, 0.2) is 5.78 Å². The van der Waals surface area contributed by atoms with Crippen LogP contribution in [0.1, 0.15) is 45.4 Å². The molecule has 0 aromatic rings.